The molecular formula is C18H16ClN3O4S. The van der Waals surface area contributed by atoms with Gasteiger partial charge in [0.1, 0.15) is 6.04 Å². The maximum absolute atomic E-state index is 12.6. The van der Waals surface area contributed by atoms with Crippen LogP contribution in [0.2, 0.25) is 5.02 Å². The van der Waals surface area contributed by atoms with E-state index in [1.54, 1.807) is 24.3 Å². The topological polar surface area (TPSA) is 102 Å². The van der Waals surface area contributed by atoms with Crippen molar-refractivity contribution in [3.8, 4) is 0 Å². The molecule has 140 valence electrons. The van der Waals surface area contributed by atoms with Crippen LogP contribution in [-0.4, -0.2) is 30.8 Å². The quantitative estimate of drug-likeness (QED) is 0.676. The van der Waals surface area contributed by atoms with Crippen molar-refractivity contribution in [2.75, 3.05) is 6.26 Å². The highest BCUT2D eigenvalue weighted by Crippen LogP contribution is 2.21. The molecule has 0 spiro atoms. The third-order valence-corrected chi connectivity index (χ3v) is 4.87. The summed E-state index contributed by atoms with van der Waals surface area (Å²) in [5.74, 6) is -0.430. The lowest BCUT2D eigenvalue weighted by Crippen LogP contribution is -2.30. The van der Waals surface area contributed by atoms with Crippen LogP contribution in [0.25, 0.3) is 0 Å². The number of sulfone groups is 1. The molecular weight excluding hydrogens is 390 g/mol. The van der Waals surface area contributed by atoms with Gasteiger partial charge in [0.2, 0.25) is 15.7 Å². The van der Waals surface area contributed by atoms with Crippen molar-refractivity contribution in [1.29, 1.82) is 0 Å². The largest absolute Gasteiger partial charge is 0.410 e. The van der Waals surface area contributed by atoms with E-state index in [0.717, 1.165) is 11.8 Å². The lowest BCUT2D eigenvalue weighted by atomic mass is 10.1. The lowest BCUT2D eigenvalue weighted by molar-refractivity contribution is 0.0929. The minimum Gasteiger partial charge on any atom is -0.410 e. The summed E-state index contributed by atoms with van der Waals surface area (Å²) in [5, 5.41) is 9.96. The number of aromatic nitrogens is 2. The van der Waals surface area contributed by atoms with Crippen LogP contribution in [0.15, 0.2) is 64.2 Å². The SMILES string of the molecule is CS(=O)(=O)c1nnc([C@H](Cc2ccccc2)NC(=O)c2ccccc2Cl)o1. The van der Waals surface area contributed by atoms with Crippen LogP contribution in [0, 0.1) is 0 Å². The van der Waals surface area contributed by atoms with Crippen molar-refractivity contribution in [2.24, 2.45) is 0 Å². The average Bonchev–Trinajstić information content (AvgIpc) is 3.13. The fourth-order valence-electron chi connectivity index (χ4n) is 2.44. The van der Waals surface area contributed by atoms with Crippen LogP contribution in [-0.2, 0) is 16.3 Å². The van der Waals surface area contributed by atoms with Crippen molar-refractivity contribution in [2.45, 2.75) is 17.7 Å². The summed E-state index contributed by atoms with van der Waals surface area (Å²) in [6.07, 6.45) is 1.31. The van der Waals surface area contributed by atoms with Gasteiger partial charge in [-0.15, -0.1) is 5.10 Å². The van der Waals surface area contributed by atoms with E-state index in [1.807, 2.05) is 30.3 Å². The zero-order chi connectivity index (χ0) is 19.4. The second-order valence-corrected chi connectivity index (χ2v) is 8.17. The number of rotatable bonds is 6. The molecule has 1 N–H and O–H groups in total. The van der Waals surface area contributed by atoms with Gasteiger partial charge in [-0.25, -0.2) is 8.42 Å². The van der Waals surface area contributed by atoms with Crippen LogP contribution >= 0.6 is 11.6 Å². The Morgan fingerprint density at radius 3 is 2.41 bits per heavy atom. The highest BCUT2D eigenvalue weighted by atomic mass is 35.5. The van der Waals surface area contributed by atoms with Gasteiger partial charge in [-0.1, -0.05) is 59.2 Å². The summed E-state index contributed by atoms with van der Waals surface area (Å²) < 4.78 is 28.5. The number of nitrogens with one attached hydrogen (secondary N) is 1. The normalized spacial score (nSPS) is 12.5. The van der Waals surface area contributed by atoms with Gasteiger partial charge in [-0.2, -0.15) is 0 Å². The van der Waals surface area contributed by atoms with E-state index >= 15 is 0 Å². The molecule has 2 aromatic carbocycles. The zero-order valence-electron chi connectivity index (χ0n) is 14.3. The molecule has 1 amide bonds. The molecule has 0 radical (unpaired) electrons. The molecule has 3 aromatic rings. The van der Waals surface area contributed by atoms with Gasteiger partial charge < -0.3 is 9.73 Å². The minimum atomic E-state index is -3.65. The van der Waals surface area contributed by atoms with Crippen LogP contribution in [0.4, 0.5) is 0 Å². The first-order valence-electron chi connectivity index (χ1n) is 7.97. The van der Waals surface area contributed by atoms with Crippen molar-refractivity contribution >= 4 is 27.3 Å². The third-order valence-electron chi connectivity index (χ3n) is 3.74. The molecule has 1 atom stereocenters. The van der Waals surface area contributed by atoms with E-state index in [9.17, 15) is 13.2 Å². The predicted octanol–water partition coefficient (Wildman–Crippen LogP) is 2.84. The maximum atomic E-state index is 12.6. The summed E-state index contributed by atoms with van der Waals surface area (Å²) >= 11 is 6.08. The molecule has 0 aliphatic rings. The Balaban J connectivity index is 1.91. The number of carbonyl (C=O) groups excluding carboxylic acids is 1. The first-order valence-corrected chi connectivity index (χ1v) is 10.2. The summed E-state index contributed by atoms with van der Waals surface area (Å²) in [6.45, 7) is 0. The van der Waals surface area contributed by atoms with Crippen LogP contribution < -0.4 is 5.32 Å². The van der Waals surface area contributed by atoms with Gasteiger partial charge in [0.05, 0.1) is 10.6 Å². The number of nitrogens with zero attached hydrogens (tertiary/aromatic N) is 2. The molecule has 0 saturated carbocycles. The molecule has 3 rings (SSSR count). The molecule has 0 unspecified atom stereocenters. The molecule has 1 heterocycles. The van der Waals surface area contributed by atoms with E-state index in [1.165, 1.54) is 0 Å². The Labute approximate surface area is 161 Å². The minimum absolute atomic E-state index is 0.000295. The predicted molar refractivity (Wildman–Crippen MR) is 99.2 cm³/mol. The van der Waals surface area contributed by atoms with Gasteiger partial charge in [-0.3, -0.25) is 4.79 Å². The Morgan fingerprint density at radius 1 is 1.11 bits per heavy atom. The number of amides is 1. The summed E-state index contributed by atoms with van der Waals surface area (Å²) in [5.41, 5.74) is 1.20. The third kappa shape index (κ3) is 4.72. The highest BCUT2D eigenvalue weighted by Gasteiger charge is 2.25. The molecule has 27 heavy (non-hydrogen) atoms. The molecule has 0 bridgehead atoms. The fraction of sp³-hybridized carbons (Fsp3) is 0.167. The zero-order valence-corrected chi connectivity index (χ0v) is 15.9. The Hall–Kier alpha value is -2.71. The Bertz CT molecular complexity index is 1050. The fourth-order valence-corrected chi connectivity index (χ4v) is 3.09. The van der Waals surface area contributed by atoms with Crippen molar-refractivity contribution < 1.29 is 17.6 Å². The number of halogens is 1. The standard InChI is InChI=1S/C18H16ClN3O4S/c1-27(24,25)18-22-21-17(26-18)15(11-12-7-3-2-4-8-12)20-16(23)13-9-5-6-10-14(13)19/h2-10,15H,11H2,1H3,(H,20,23)/t15-/m0/s1. The first kappa shape index (κ1) is 19.1. The Kier molecular flexibility index (Phi) is 5.57. The van der Waals surface area contributed by atoms with Crippen molar-refractivity contribution in [3.63, 3.8) is 0 Å². The smallest absolute Gasteiger partial charge is 0.335 e. The summed E-state index contributed by atoms with van der Waals surface area (Å²) in [7, 11) is -3.65. The molecule has 0 saturated heterocycles. The van der Waals surface area contributed by atoms with E-state index < -0.39 is 27.0 Å². The molecule has 0 fully saturated rings. The van der Waals surface area contributed by atoms with Crippen LogP contribution in [0.5, 0.6) is 0 Å². The van der Waals surface area contributed by atoms with E-state index in [-0.39, 0.29) is 5.89 Å². The van der Waals surface area contributed by atoms with Crippen LogP contribution in [0.3, 0.4) is 0 Å². The van der Waals surface area contributed by atoms with Gasteiger partial charge in [0, 0.05) is 12.7 Å². The van der Waals surface area contributed by atoms with E-state index in [2.05, 4.69) is 15.5 Å². The molecule has 0 aliphatic carbocycles. The second-order valence-electron chi connectivity index (χ2n) is 5.87. The molecule has 9 heteroatoms. The molecule has 0 aliphatic heterocycles. The van der Waals surface area contributed by atoms with E-state index in [0.29, 0.717) is 17.0 Å². The van der Waals surface area contributed by atoms with Crippen LogP contribution in [0.1, 0.15) is 27.9 Å². The molecule has 7 nitrogen and oxygen atoms in total. The summed E-state index contributed by atoms with van der Waals surface area (Å²) in [4.78, 5) is 12.6. The number of carbonyl (C=O) groups is 1. The second kappa shape index (κ2) is 7.89. The lowest BCUT2D eigenvalue weighted by Gasteiger charge is -2.16. The van der Waals surface area contributed by atoms with Gasteiger partial charge in [0.15, 0.2) is 0 Å². The van der Waals surface area contributed by atoms with E-state index in [4.69, 9.17) is 16.0 Å². The van der Waals surface area contributed by atoms with Gasteiger partial charge in [0.25, 0.3) is 5.91 Å². The van der Waals surface area contributed by atoms with Gasteiger partial charge in [-0.05, 0) is 17.7 Å². The van der Waals surface area contributed by atoms with Gasteiger partial charge >= 0.3 is 5.22 Å². The first-order chi connectivity index (χ1) is 12.8. The number of hydrogen-bond donors (Lipinski definition) is 1. The highest BCUT2D eigenvalue weighted by molar-refractivity contribution is 7.90. The average molecular weight is 406 g/mol. The van der Waals surface area contributed by atoms with Crippen molar-refractivity contribution in [1.82, 2.24) is 15.5 Å². The maximum Gasteiger partial charge on any atom is 0.335 e. The summed E-state index contributed by atoms with van der Waals surface area (Å²) in [6, 6.07) is 15.2. The monoisotopic (exact) mass is 405 g/mol. The molecule has 1 aromatic heterocycles. The Morgan fingerprint density at radius 2 is 1.78 bits per heavy atom. The number of benzene rings is 2. The number of hydrogen-bond acceptors (Lipinski definition) is 6. The van der Waals surface area contributed by atoms with Crippen molar-refractivity contribution in [3.05, 3.63) is 76.6 Å².